The highest BCUT2D eigenvalue weighted by Gasteiger charge is 2.79. The van der Waals surface area contributed by atoms with E-state index in [0.29, 0.717) is 0 Å². The van der Waals surface area contributed by atoms with Crippen molar-refractivity contribution in [2.45, 2.75) is 71.3 Å². The molecule has 0 radical (unpaired) electrons. The van der Waals surface area contributed by atoms with Gasteiger partial charge in [-0.2, -0.15) is 0 Å². The lowest BCUT2D eigenvalue weighted by molar-refractivity contribution is -0.149. The van der Waals surface area contributed by atoms with Gasteiger partial charge in [-0.05, 0) is 20.8 Å². The minimum Gasteiger partial charge on any atom is -0.462 e. The molecule has 2 fully saturated rings. The molecule has 1 aromatic heterocycles. The maximum absolute atomic E-state index is 14.3. The lowest BCUT2D eigenvalue weighted by Gasteiger charge is -2.28. The number of aromatic nitrogens is 2. The number of nitrogens with zero attached hydrogens (tertiary/aromatic N) is 1. The lowest BCUT2D eigenvalue weighted by atomic mass is 10.0. The van der Waals surface area contributed by atoms with Gasteiger partial charge in [0, 0.05) is 23.9 Å². The Kier molecular flexibility index (Phi) is 9.77. The summed E-state index contributed by atoms with van der Waals surface area (Å²) in [6.07, 6.45) is -4.64. The second kappa shape index (κ2) is 12.1. The molecule has 1 aliphatic carbocycles. The first-order valence-electron chi connectivity index (χ1n) is 12.0. The van der Waals surface area contributed by atoms with E-state index in [1.807, 2.05) is 4.98 Å². The molecule has 38 heavy (non-hydrogen) atoms. The van der Waals surface area contributed by atoms with E-state index in [1.165, 1.54) is 6.92 Å². The number of fused-ring (bicyclic) bond motifs is 1. The summed E-state index contributed by atoms with van der Waals surface area (Å²) in [4.78, 5) is 49.7. The normalized spacial score (nSPS) is 28.7. The summed E-state index contributed by atoms with van der Waals surface area (Å²) in [5.74, 6) is -0.819. The highest BCUT2D eigenvalue weighted by atomic mass is 32.2. The number of aliphatic hydroxyl groups is 1. The summed E-state index contributed by atoms with van der Waals surface area (Å²) in [5, 5.41) is 13.3. The van der Waals surface area contributed by atoms with Crippen LogP contribution in [0.3, 0.4) is 0 Å². The molecule has 0 aromatic carbocycles. The van der Waals surface area contributed by atoms with E-state index < -0.39 is 73.7 Å². The highest BCUT2D eigenvalue weighted by Crippen LogP contribution is 2.66. The molecule has 1 aromatic rings. The molecule has 7 atom stereocenters. The van der Waals surface area contributed by atoms with Crippen LogP contribution in [0.2, 0.25) is 0 Å². The van der Waals surface area contributed by atoms with Crippen LogP contribution in [0.15, 0.2) is 21.9 Å². The molecule has 0 bridgehead atoms. The Balaban J connectivity index is 1.75. The number of ether oxygens (including phenoxy) is 2. The first kappa shape index (κ1) is 30.7. The van der Waals surface area contributed by atoms with Gasteiger partial charge in [0.2, 0.25) is 0 Å². The highest BCUT2D eigenvalue weighted by molar-refractivity contribution is 8.13. The van der Waals surface area contributed by atoms with E-state index in [4.69, 9.17) is 18.5 Å². The summed E-state index contributed by atoms with van der Waals surface area (Å²) < 4.78 is 50.8. The number of hydrogen-bond donors (Lipinski definition) is 3. The average molecular weight is 582 g/mol. The maximum Gasteiger partial charge on any atom is 0.406 e. The van der Waals surface area contributed by atoms with Gasteiger partial charge in [0.15, 0.2) is 11.3 Å². The second-order valence-corrected chi connectivity index (χ2v) is 12.5. The van der Waals surface area contributed by atoms with Crippen LogP contribution in [0.25, 0.3) is 0 Å². The largest absolute Gasteiger partial charge is 0.462 e. The van der Waals surface area contributed by atoms with E-state index >= 15 is 0 Å². The number of aliphatic hydroxyl groups excluding tert-OH is 1. The Morgan fingerprint density at radius 2 is 2.00 bits per heavy atom. The van der Waals surface area contributed by atoms with Crippen molar-refractivity contribution in [2.24, 2.45) is 11.3 Å². The van der Waals surface area contributed by atoms with Crippen molar-refractivity contribution in [3.05, 3.63) is 33.1 Å². The summed E-state index contributed by atoms with van der Waals surface area (Å²) in [6, 6.07) is -0.102. The third-order valence-electron chi connectivity index (χ3n) is 6.06. The van der Waals surface area contributed by atoms with Crippen LogP contribution in [0.4, 0.5) is 4.39 Å². The summed E-state index contributed by atoms with van der Waals surface area (Å²) in [7, 11) is -4.34. The van der Waals surface area contributed by atoms with Crippen LogP contribution in [0.5, 0.6) is 0 Å². The molecule has 1 saturated heterocycles. The van der Waals surface area contributed by atoms with Gasteiger partial charge in [0.1, 0.15) is 31.0 Å². The summed E-state index contributed by atoms with van der Waals surface area (Å²) in [6.45, 7) is 6.76. The smallest absolute Gasteiger partial charge is 0.406 e. The molecule has 1 saturated carbocycles. The zero-order chi connectivity index (χ0) is 28.4. The van der Waals surface area contributed by atoms with Crippen molar-refractivity contribution in [1.29, 1.82) is 0 Å². The summed E-state index contributed by atoms with van der Waals surface area (Å²) in [5.41, 5.74) is -3.20. The van der Waals surface area contributed by atoms with Crippen molar-refractivity contribution in [1.82, 2.24) is 14.6 Å². The lowest BCUT2D eigenvalue weighted by Crippen LogP contribution is -2.41. The number of carbonyl (C=O) groups excluding carboxylic acids is 2. The number of nitrogens with one attached hydrogen (secondary N) is 2. The molecule has 2 heterocycles. The average Bonchev–Trinajstić information content (AvgIpc) is 3.32. The molecule has 13 nitrogen and oxygen atoms in total. The zero-order valence-corrected chi connectivity index (χ0v) is 23.3. The van der Waals surface area contributed by atoms with Crippen LogP contribution in [0.1, 0.15) is 40.8 Å². The van der Waals surface area contributed by atoms with Crippen molar-refractivity contribution < 1.29 is 42.2 Å². The van der Waals surface area contributed by atoms with Crippen LogP contribution in [0, 0.1) is 11.3 Å². The molecule has 1 aliphatic heterocycles. The number of carbonyl (C=O) groups is 2. The minimum atomic E-state index is -4.34. The fraction of sp³-hybridized carbons (Fsp3) is 0.727. The Labute approximate surface area is 222 Å². The Bertz CT molecular complexity index is 1190. The summed E-state index contributed by atoms with van der Waals surface area (Å²) >= 11 is 0.972. The van der Waals surface area contributed by atoms with Gasteiger partial charge in [-0.3, -0.25) is 37.4 Å². The van der Waals surface area contributed by atoms with Crippen LogP contribution < -0.4 is 16.3 Å². The third-order valence-corrected chi connectivity index (χ3v) is 8.92. The molecule has 0 amide bonds. The molecule has 16 heteroatoms. The molecule has 0 spiro atoms. The van der Waals surface area contributed by atoms with Crippen molar-refractivity contribution in [3.63, 3.8) is 0 Å². The minimum absolute atomic E-state index is 0.0978. The molecule has 3 N–H and O–H groups in total. The monoisotopic (exact) mass is 581 g/mol. The number of rotatable bonds is 13. The number of H-pyrrole nitrogens is 1. The first-order chi connectivity index (χ1) is 17.8. The predicted octanol–water partition coefficient (Wildman–Crippen LogP) is 1.12. The Hall–Kier alpha value is -1.87. The number of aromatic amines is 1. The molecule has 214 valence electrons. The molecule has 3 rings (SSSR count). The van der Waals surface area contributed by atoms with Crippen molar-refractivity contribution >= 4 is 30.6 Å². The van der Waals surface area contributed by atoms with Gasteiger partial charge >= 0.3 is 19.4 Å². The number of hydrogen-bond acceptors (Lipinski definition) is 11. The molecule has 2 aliphatic rings. The number of thioether (sulfide) groups is 1. The van der Waals surface area contributed by atoms with E-state index in [9.17, 15) is 33.2 Å². The molecular weight excluding hydrogens is 548 g/mol. The quantitative estimate of drug-likeness (QED) is 0.172. The maximum atomic E-state index is 14.3. The van der Waals surface area contributed by atoms with E-state index in [-0.39, 0.29) is 23.4 Å². The number of halogens is 1. The third kappa shape index (κ3) is 6.46. The molecular formula is C22H33FN3O10PS. The second-order valence-electron chi connectivity index (χ2n) is 9.67. The van der Waals surface area contributed by atoms with Gasteiger partial charge in [0.05, 0.1) is 18.1 Å². The topological polar surface area (TPSA) is 175 Å². The van der Waals surface area contributed by atoms with Gasteiger partial charge in [-0.15, -0.1) is 0 Å². The Morgan fingerprint density at radius 3 is 2.55 bits per heavy atom. The fourth-order valence-corrected chi connectivity index (χ4v) is 6.52. The first-order valence-corrected chi connectivity index (χ1v) is 14.6. The Morgan fingerprint density at radius 1 is 1.32 bits per heavy atom. The number of alkyl halides is 1. The predicted molar refractivity (Wildman–Crippen MR) is 134 cm³/mol. The molecule has 1 unspecified atom stereocenters. The van der Waals surface area contributed by atoms with Crippen molar-refractivity contribution in [2.75, 3.05) is 19.0 Å². The van der Waals surface area contributed by atoms with E-state index in [2.05, 4.69) is 5.09 Å². The fourth-order valence-electron chi connectivity index (χ4n) is 3.98. The zero-order valence-electron chi connectivity index (χ0n) is 21.6. The van der Waals surface area contributed by atoms with Gasteiger partial charge in [0.25, 0.3) is 5.56 Å². The SMILES string of the molecule is CC(C)OC(=O)[C@@H](C)N[P@@](=O)(OCCSC(=O)C(C)C)OC1[C@H]2O[C@@H](n3ccc(=O)[nH]c3=O)[C@H](O)[C@@]12CF. The van der Waals surface area contributed by atoms with Crippen LogP contribution >= 0.6 is 19.5 Å². The van der Waals surface area contributed by atoms with Gasteiger partial charge < -0.3 is 14.6 Å². The van der Waals surface area contributed by atoms with Crippen LogP contribution in [-0.4, -0.2) is 75.2 Å². The van der Waals surface area contributed by atoms with E-state index in [1.54, 1.807) is 27.7 Å². The van der Waals surface area contributed by atoms with Crippen LogP contribution in [-0.2, 0) is 32.7 Å². The van der Waals surface area contributed by atoms with E-state index in [0.717, 1.165) is 28.6 Å². The standard InChI is InChI=1S/C22H33FN3O10PS/c1-11(2)20(30)38-9-8-33-37(32,25-13(5)19(29)34-12(3)4)36-17-16-22(17,10-23)15(28)18(35-16)26-7-6-14(27)24-21(26)31/h6-7,11-13,15-18,28H,8-10H2,1-5H3,(H,25,32)(H,24,27,31)/t13-,15+,16-,17?,18-,22-,37-/m1/s1. The van der Waals surface area contributed by atoms with Gasteiger partial charge in [-0.1, -0.05) is 25.6 Å². The van der Waals surface area contributed by atoms with Gasteiger partial charge in [-0.25, -0.2) is 14.4 Å². The van der Waals surface area contributed by atoms with Crippen molar-refractivity contribution in [3.8, 4) is 0 Å². The number of esters is 1.